The van der Waals surface area contributed by atoms with Gasteiger partial charge in [0, 0.05) is 30.8 Å². The van der Waals surface area contributed by atoms with Crippen molar-refractivity contribution in [3.05, 3.63) is 23.8 Å². The van der Waals surface area contributed by atoms with Gasteiger partial charge >= 0.3 is 0 Å². The Kier molecular flexibility index (Phi) is 5.03. The molecule has 0 aliphatic carbocycles. The van der Waals surface area contributed by atoms with E-state index in [1.54, 1.807) is 32.4 Å². The highest BCUT2D eigenvalue weighted by Gasteiger charge is 2.32. The molecule has 2 saturated heterocycles. The molecule has 1 N–H and O–H groups in total. The average molecular weight is 320 g/mol. The third-order valence-electron chi connectivity index (χ3n) is 4.57. The molecule has 2 unspecified atom stereocenters. The molecule has 0 spiro atoms. The van der Waals surface area contributed by atoms with Crippen molar-refractivity contribution in [1.82, 2.24) is 10.2 Å². The summed E-state index contributed by atoms with van der Waals surface area (Å²) in [6, 6.07) is 5.73. The van der Waals surface area contributed by atoms with Crippen LogP contribution in [0.2, 0.25) is 0 Å². The number of rotatable bonds is 5. The number of amides is 1. The highest BCUT2D eigenvalue weighted by molar-refractivity contribution is 5.95. The van der Waals surface area contributed by atoms with Gasteiger partial charge in [0.25, 0.3) is 5.91 Å². The summed E-state index contributed by atoms with van der Waals surface area (Å²) < 4.78 is 16.3. The zero-order valence-corrected chi connectivity index (χ0v) is 13.7. The van der Waals surface area contributed by atoms with E-state index in [4.69, 9.17) is 14.2 Å². The number of hydrogen-bond donors (Lipinski definition) is 1. The topological polar surface area (TPSA) is 60.0 Å². The summed E-state index contributed by atoms with van der Waals surface area (Å²) >= 11 is 0. The van der Waals surface area contributed by atoms with E-state index >= 15 is 0 Å². The molecule has 1 aromatic carbocycles. The quantitative estimate of drug-likeness (QED) is 0.886. The van der Waals surface area contributed by atoms with Gasteiger partial charge in [0.1, 0.15) is 11.5 Å². The summed E-state index contributed by atoms with van der Waals surface area (Å²) in [4.78, 5) is 14.8. The molecule has 0 bridgehead atoms. The first kappa shape index (κ1) is 16.1. The van der Waals surface area contributed by atoms with E-state index < -0.39 is 0 Å². The molecule has 2 heterocycles. The molecular weight excluding hydrogens is 296 g/mol. The Labute approximate surface area is 136 Å². The first-order valence-corrected chi connectivity index (χ1v) is 8.06. The predicted octanol–water partition coefficient (Wildman–Crippen LogP) is 1.30. The normalized spacial score (nSPS) is 24.1. The van der Waals surface area contributed by atoms with Crippen LogP contribution in [-0.4, -0.2) is 63.4 Å². The Morgan fingerprint density at radius 1 is 1.30 bits per heavy atom. The number of morpholine rings is 1. The number of hydrogen-bond acceptors (Lipinski definition) is 5. The number of methoxy groups -OCH3 is 2. The molecule has 1 amide bonds. The van der Waals surface area contributed by atoms with Crippen molar-refractivity contribution in [2.45, 2.75) is 25.0 Å². The highest BCUT2D eigenvalue weighted by atomic mass is 16.5. The van der Waals surface area contributed by atoms with Crippen molar-refractivity contribution in [3.63, 3.8) is 0 Å². The van der Waals surface area contributed by atoms with Crippen molar-refractivity contribution >= 4 is 5.91 Å². The molecule has 2 atom stereocenters. The van der Waals surface area contributed by atoms with Crippen molar-refractivity contribution < 1.29 is 19.0 Å². The van der Waals surface area contributed by atoms with Crippen LogP contribution in [0.15, 0.2) is 18.2 Å². The van der Waals surface area contributed by atoms with Crippen LogP contribution < -0.4 is 14.8 Å². The fourth-order valence-electron chi connectivity index (χ4n) is 3.26. The van der Waals surface area contributed by atoms with Crippen LogP contribution >= 0.6 is 0 Å². The van der Waals surface area contributed by atoms with Crippen LogP contribution in [0.25, 0.3) is 0 Å². The molecular formula is C17H24N2O4. The third-order valence-corrected chi connectivity index (χ3v) is 4.57. The lowest BCUT2D eigenvalue weighted by atomic mass is 10.1. The maximum absolute atomic E-state index is 12.4. The number of ether oxygens (including phenoxy) is 3. The minimum absolute atomic E-state index is 0.0563. The van der Waals surface area contributed by atoms with Crippen LogP contribution in [-0.2, 0) is 4.74 Å². The Hall–Kier alpha value is -1.79. The standard InChI is InChI=1S/C17H24N2O4/c1-21-14-6-12(7-15(8-14)22-2)17(20)18-9-16-10-19-5-3-4-13(19)11-23-16/h6-8,13,16H,3-5,9-11H2,1-2H3,(H,18,20). The lowest BCUT2D eigenvalue weighted by molar-refractivity contribution is -0.0461. The number of nitrogens with one attached hydrogen (secondary N) is 1. The van der Waals surface area contributed by atoms with E-state index in [0.29, 0.717) is 29.6 Å². The van der Waals surface area contributed by atoms with Gasteiger partial charge in [-0.3, -0.25) is 9.69 Å². The summed E-state index contributed by atoms with van der Waals surface area (Å²) in [7, 11) is 3.14. The summed E-state index contributed by atoms with van der Waals surface area (Å²) in [5, 5.41) is 2.95. The molecule has 0 radical (unpaired) electrons. The smallest absolute Gasteiger partial charge is 0.251 e. The minimum atomic E-state index is -0.144. The van der Waals surface area contributed by atoms with Crippen LogP contribution in [0, 0.1) is 0 Å². The highest BCUT2D eigenvalue weighted by Crippen LogP contribution is 2.23. The second-order valence-electron chi connectivity index (χ2n) is 6.06. The van der Waals surface area contributed by atoms with Crippen molar-refractivity contribution in [2.75, 3.05) is 40.5 Å². The Morgan fingerprint density at radius 3 is 2.74 bits per heavy atom. The van der Waals surface area contributed by atoms with Gasteiger partial charge in [0.15, 0.2) is 0 Å². The Morgan fingerprint density at radius 2 is 2.04 bits per heavy atom. The number of carbonyl (C=O) groups excluding carboxylic acids is 1. The van der Waals surface area contributed by atoms with Crippen LogP contribution in [0.3, 0.4) is 0 Å². The molecule has 6 nitrogen and oxygen atoms in total. The molecule has 3 rings (SSSR count). The number of nitrogens with zero attached hydrogens (tertiary/aromatic N) is 1. The summed E-state index contributed by atoms with van der Waals surface area (Å²) in [5.41, 5.74) is 0.524. The van der Waals surface area contributed by atoms with Gasteiger partial charge in [-0.15, -0.1) is 0 Å². The molecule has 1 aromatic rings. The molecule has 0 saturated carbocycles. The number of carbonyl (C=O) groups is 1. The second kappa shape index (κ2) is 7.19. The fraction of sp³-hybridized carbons (Fsp3) is 0.588. The Bertz CT molecular complexity index is 541. The van der Waals surface area contributed by atoms with E-state index in [2.05, 4.69) is 10.2 Å². The zero-order chi connectivity index (χ0) is 16.2. The average Bonchev–Trinajstić information content (AvgIpc) is 3.06. The van der Waals surface area contributed by atoms with Crippen LogP contribution in [0.5, 0.6) is 11.5 Å². The van der Waals surface area contributed by atoms with Crippen molar-refractivity contribution in [3.8, 4) is 11.5 Å². The first-order valence-electron chi connectivity index (χ1n) is 8.06. The first-order chi connectivity index (χ1) is 11.2. The molecule has 2 fully saturated rings. The monoisotopic (exact) mass is 320 g/mol. The summed E-state index contributed by atoms with van der Waals surface area (Å²) in [6.07, 6.45) is 2.53. The predicted molar refractivity (Wildman–Crippen MR) is 86.2 cm³/mol. The molecule has 0 aromatic heterocycles. The third kappa shape index (κ3) is 3.76. The maximum Gasteiger partial charge on any atom is 0.251 e. The van der Waals surface area contributed by atoms with Crippen molar-refractivity contribution in [2.24, 2.45) is 0 Å². The van der Waals surface area contributed by atoms with Gasteiger partial charge in [-0.1, -0.05) is 0 Å². The van der Waals surface area contributed by atoms with Gasteiger partial charge in [-0.25, -0.2) is 0 Å². The second-order valence-corrected chi connectivity index (χ2v) is 6.06. The molecule has 126 valence electrons. The summed E-state index contributed by atoms with van der Waals surface area (Å²) in [5.74, 6) is 1.06. The van der Waals surface area contributed by atoms with Gasteiger partial charge < -0.3 is 19.5 Å². The van der Waals surface area contributed by atoms with Gasteiger partial charge in [0.05, 0.1) is 26.9 Å². The zero-order valence-electron chi connectivity index (χ0n) is 13.7. The lowest BCUT2D eigenvalue weighted by Crippen LogP contribution is -2.50. The number of fused-ring (bicyclic) bond motifs is 1. The minimum Gasteiger partial charge on any atom is -0.497 e. The SMILES string of the molecule is COc1cc(OC)cc(C(=O)NCC2CN3CCCC3CO2)c1. The maximum atomic E-state index is 12.4. The lowest BCUT2D eigenvalue weighted by Gasteiger charge is -2.35. The van der Waals surface area contributed by atoms with Crippen molar-refractivity contribution in [1.29, 1.82) is 0 Å². The molecule has 2 aliphatic rings. The molecule has 2 aliphatic heterocycles. The number of benzene rings is 1. The van der Waals surface area contributed by atoms with E-state index in [1.165, 1.54) is 12.8 Å². The van der Waals surface area contributed by atoms with Crippen LogP contribution in [0.1, 0.15) is 23.2 Å². The summed E-state index contributed by atoms with van der Waals surface area (Å²) in [6.45, 7) is 3.33. The molecule has 23 heavy (non-hydrogen) atoms. The fourth-order valence-corrected chi connectivity index (χ4v) is 3.26. The largest absolute Gasteiger partial charge is 0.497 e. The molecule has 6 heteroatoms. The van der Waals surface area contributed by atoms with E-state index in [0.717, 1.165) is 19.7 Å². The van der Waals surface area contributed by atoms with Gasteiger partial charge in [-0.2, -0.15) is 0 Å². The van der Waals surface area contributed by atoms with Crippen LogP contribution in [0.4, 0.5) is 0 Å². The van der Waals surface area contributed by atoms with E-state index in [9.17, 15) is 4.79 Å². The van der Waals surface area contributed by atoms with E-state index in [-0.39, 0.29) is 12.0 Å². The van der Waals surface area contributed by atoms with Gasteiger partial charge in [0.2, 0.25) is 0 Å². The van der Waals surface area contributed by atoms with E-state index in [1.807, 2.05) is 0 Å². The Balaban J connectivity index is 1.57. The van der Waals surface area contributed by atoms with Gasteiger partial charge in [-0.05, 0) is 31.5 Å².